The fourth-order valence-corrected chi connectivity index (χ4v) is 3.20. The summed E-state index contributed by atoms with van der Waals surface area (Å²) < 4.78 is 10.5. The lowest BCUT2D eigenvalue weighted by atomic mass is 10.1. The number of methoxy groups -OCH3 is 1. The number of H-pyrrole nitrogens is 1. The fourth-order valence-electron chi connectivity index (χ4n) is 1.77. The molecule has 9 heteroatoms. The molecule has 0 radical (unpaired) electrons. The minimum atomic E-state index is -0.553. The Hall–Kier alpha value is -1.87. The lowest BCUT2D eigenvalue weighted by Crippen LogP contribution is -2.07. The molecule has 0 atom stereocenters. The zero-order valence-corrected chi connectivity index (χ0v) is 14.9. The highest BCUT2D eigenvalue weighted by atomic mass is 79.9. The predicted molar refractivity (Wildman–Crippen MR) is 88.2 cm³/mol. The number of hydrogen-bond donors (Lipinski definition) is 1. The van der Waals surface area contributed by atoms with Crippen molar-refractivity contribution in [3.63, 3.8) is 0 Å². The molecule has 1 N–H and O–H groups in total. The molecule has 1 aromatic carbocycles. The van der Waals surface area contributed by atoms with Gasteiger partial charge in [0.15, 0.2) is 5.69 Å². The van der Waals surface area contributed by atoms with Crippen molar-refractivity contribution in [3.05, 3.63) is 28.4 Å². The van der Waals surface area contributed by atoms with Crippen molar-refractivity contribution >= 4 is 39.6 Å². The largest absolute Gasteiger partial charge is 0.468 e. The SMILES string of the molecule is CCOC(=O)c1n[nH]nc1-c1ccc(Br)cc1SCC(=O)OC. The normalized spacial score (nSPS) is 10.4. The summed E-state index contributed by atoms with van der Waals surface area (Å²) in [5.74, 6) is -0.748. The van der Waals surface area contributed by atoms with Gasteiger partial charge in [-0.1, -0.05) is 22.0 Å². The number of nitrogens with one attached hydrogen (secondary N) is 1. The maximum absolute atomic E-state index is 12.0. The number of benzene rings is 1. The molecule has 0 amide bonds. The summed E-state index contributed by atoms with van der Waals surface area (Å²) in [6, 6.07) is 5.46. The molecule has 23 heavy (non-hydrogen) atoms. The molecule has 0 saturated heterocycles. The molecule has 2 rings (SSSR count). The first-order valence-electron chi connectivity index (χ1n) is 6.64. The second-order valence-corrected chi connectivity index (χ2v) is 6.18. The summed E-state index contributed by atoms with van der Waals surface area (Å²) in [5, 5.41) is 10.3. The van der Waals surface area contributed by atoms with Gasteiger partial charge in [0.2, 0.25) is 0 Å². The van der Waals surface area contributed by atoms with Crippen molar-refractivity contribution in [2.45, 2.75) is 11.8 Å². The Morgan fingerprint density at radius 2 is 2.13 bits per heavy atom. The summed E-state index contributed by atoms with van der Waals surface area (Å²) in [5.41, 5.74) is 1.16. The van der Waals surface area contributed by atoms with Crippen LogP contribution in [0.3, 0.4) is 0 Å². The van der Waals surface area contributed by atoms with Crippen LogP contribution in [0.5, 0.6) is 0 Å². The lowest BCUT2D eigenvalue weighted by molar-refractivity contribution is -0.137. The van der Waals surface area contributed by atoms with Gasteiger partial charge in [0.25, 0.3) is 0 Å². The van der Waals surface area contributed by atoms with Crippen molar-refractivity contribution in [2.24, 2.45) is 0 Å². The minimum absolute atomic E-state index is 0.106. The molecule has 0 fully saturated rings. The molecule has 1 heterocycles. The van der Waals surface area contributed by atoms with Crippen LogP contribution in [-0.2, 0) is 14.3 Å². The van der Waals surface area contributed by atoms with E-state index in [1.165, 1.54) is 18.9 Å². The number of rotatable bonds is 6. The number of nitrogens with zero attached hydrogens (tertiary/aromatic N) is 2. The van der Waals surface area contributed by atoms with Crippen LogP contribution in [0, 0.1) is 0 Å². The Balaban J connectivity index is 2.38. The number of esters is 2. The molecule has 122 valence electrons. The number of aromatic amines is 1. The Morgan fingerprint density at radius 3 is 2.83 bits per heavy atom. The van der Waals surface area contributed by atoms with E-state index in [1.807, 2.05) is 12.1 Å². The zero-order valence-electron chi connectivity index (χ0n) is 12.5. The van der Waals surface area contributed by atoms with E-state index < -0.39 is 5.97 Å². The molecule has 0 aliphatic rings. The van der Waals surface area contributed by atoms with Crippen LogP contribution in [0.1, 0.15) is 17.4 Å². The molecular formula is C14H14BrN3O4S. The standard InChI is InChI=1S/C14H14BrN3O4S/c1-3-22-14(20)13-12(16-18-17-13)9-5-4-8(15)6-10(9)23-7-11(19)21-2/h4-6H,3,7H2,1-2H3,(H,16,17,18). The van der Waals surface area contributed by atoms with Crippen molar-refractivity contribution in [3.8, 4) is 11.3 Å². The van der Waals surface area contributed by atoms with Gasteiger partial charge < -0.3 is 9.47 Å². The van der Waals surface area contributed by atoms with E-state index in [9.17, 15) is 9.59 Å². The van der Waals surface area contributed by atoms with E-state index in [1.54, 1.807) is 13.0 Å². The minimum Gasteiger partial charge on any atom is -0.468 e. The van der Waals surface area contributed by atoms with E-state index in [2.05, 4.69) is 36.1 Å². The van der Waals surface area contributed by atoms with Gasteiger partial charge in [-0.05, 0) is 19.1 Å². The molecule has 0 unspecified atom stereocenters. The molecule has 7 nitrogen and oxygen atoms in total. The third-order valence-corrected chi connectivity index (χ3v) is 4.31. The third-order valence-electron chi connectivity index (χ3n) is 2.79. The summed E-state index contributed by atoms with van der Waals surface area (Å²) in [4.78, 5) is 24.1. The molecule has 0 bridgehead atoms. The van der Waals surface area contributed by atoms with E-state index in [4.69, 9.17) is 4.74 Å². The molecule has 2 aromatic rings. The van der Waals surface area contributed by atoms with Crippen LogP contribution >= 0.6 is 27.7 Å². The Kier molecular flexibility index (Phi) is 6.17. The van der Waals surface area contributed by atoms with Crippen LogP contribution in [0.2, 0.25) is 0 Å². The average molecular weight is 400 g/mol. The van der Waals surface area contributed by atoms with Gasteiger partial charge in [0, 0.05) is 14.9 Å². The van der Waals surface area contributed by atoms with Crippen LogP contribution in [-0.4, -0.2) is 46.8 Å². The number of halogens is 1. The van der Waals surface area contributed by atoms with Crippen molar-refractivity contribution in [1.82, 2.24) is 15.4 Å². The van der Waals surface area contributed by atoms with Crippen molar-refractivity contribution < 1.29 is 19.1 Å². The quantitative estimate of drug-likeness (QED) is 0.589. The lowest BCUT2D eigenvalue weighted by Gasteiger charge is -2.08. The monoisotopic (exact) mass is 399 g/mol. The highest BCUT2D eigenvalue weighted by molar-refractivity contribution is 9.10. The number of thioether (sulfide) groups is 1. The van der Waals surface area contributed by atoms with Gasteiger partial charge in [-0.2, -0.15) is 10.3 Å². The second kappa shape index (κ2) is 8.11. The van der Waals surface area contributed by atoms with Gasteiger partial charge in [0.1, 0.15) is 5.69 Å². The van der Waals surface area contributed by atoms with Gasteiger partial charge in [-0.25, -0.2) is 4.79 Å². The van der Waals surface area contributed by atoms with Gasteiger partial charge >= 0.3 is 11.9 Å². The maximum atomic E-state index is 12.0. The number of carbonyl (C=O) groups is 2. The van der Waals surface area contributed by atoms with Crippen LogP contribution in [0.25, 0.3) is 11.3 Å². The molecule has 0 spiro atoms. The second-order valence-electron chi connectivity index (χ2n) is 4.25. The topological polar surface area (TPSA) is 94.2 Å². The third kappa shape index (κ3) is 4.32. The summed E-state index contributed by atoms with van der Waals surface area (Å²) in [7, 11) is 1.33. The number of carbonyl (C=O) groups excluding carboxylic acids is 2. The molecular weight excluding hydrogens is 386 g/mol. The zero-order chi connectivity index (χ0) is 16.8. The van der Waals surface area contributed by atoms with Crippen LogP contribution < -0.4 is 0 Å². The summed E-state index contributed by atoms with van der Waals surface area (Å²) >= 11 is 4.68. The highest BCUT2D eigenvalue weighted by Gasteiger charge is 2.21. The average Bonchev–Trinajstić information content (AvgIpc) is 3.02. The first kappa shape index (κ1) is 17.5. The number of ether oxygens (including phenoxy) is 2. The smallest absolute Gasteiger partial charge is 0.361 e. The fraction of sp³-hybridized carbons (Fsp3) is 0.286. The van der Waals surface area contributed by atoms with Gasteiger partial charge in [0.05, 0.1) is 19.5 Å². The van der Waals surface area contributed by atoms with Crippen LogP contribution in [0.15, 0.2) is 27.6 Å². The van der Waals surface area contributed by atoms with Gasteiger partial charge in [-0.3, -0.25) is 4.79 Å². The number of aromatic nitrogens is 3. The van der Waals surface area contributed by atoms with Crippen molar-refractivity contribution in [2.75, 3.05) is 19.5 Å². The predicted octanol–water partition coefficient (Wildman–Crippen LogP) is 2.68. The molecule has 0 aliphatic heterocycles. The number of hydrogen-bond acceptors (Lipinski definition) is 7. The summed E-state index contributed by atoms with van der Waals surface area (Å²) in [6.45, 7) is 1.96. The van der Waals surface area contributed by atoms with E-state index in [0.29, 0.717) is 11.3 Å². The molecule has 1 aromatic heterocycles. The Labute approximate surface area is 145 Å². The van der Waals surface area contributed by atoms with E-state index in [0.717, 1.165) is 9.37 Å². The van der Waals surface area contributed by atoms with E-state index >= 15 is 0 Å². The van der Waals surface area contributed by atoms with E-state index in [-0.39, 0.29) is 24.0 Å². The molecule has 0 aliphatic carbocycles. The first-order chi connectivity index (χ1) is 11.1. The highest BCUT2D eigenvalue weighted by Crippen LogP contribution is 2.34. The Bertz CT molecular complexity index is 720. The maximum Gasteiger partial charge on any atom is 0.361 e. The first-order valence-corrected chi connectivity index (χ1v) is 8.42. The summed E-state index contributed by atoms with van der Waals surface area (Å²) in [6.07, 6.45) is 0. The van der Waals surface area contributed by atoms with Gasteiger partial charge in [-0.15, -0.1) is 16.9 Å². The van der Waals surface area contributed by atoms with Crippen molar-refractivity contribution in [1.29, 1.82) is 0 Å². The molecule has 0 saturated carbocycles. The van der Waals surface area contributed by atoms with Crippen LogP contribution in [0.4, 0.5) is 0 Å². The Morgan fingerprint density at radius 1 is 1.35 bits per heavy atom.